The van der Waals surface area contributed by atoms with Crippen LogP contribution in [0.3, 0.4) is 0 Å². The third-order valence-electron chi connectivity index (χ3n) is 5.21. The normalized spacial score (nSPS) is 17.4. The van der Waals surface area contributed by atoms with Gasteiger partial charge in [0.05, 0.1) is 12.2 Å². The highest BCUT2D eigenvalue weighted by atomic mass is 32.2. The Bertz CT molecular complexity index is 936. The molecule has 0 saturated carbocycles. The summed E-state index contributed by atoms with van der Waals surface area (Å²) in [6.07, 6.45) is 3.30. The number of carbonyl (C=O) groups excluding carboxylic acids is 1. The van der Waals surface area contributed by atoms with Crippen LogP contribution in [0.1, 0.15) is 39.2 Å². The Hall–Kier alpha value is -2.26. The highest BCUT2D eigenvalue weighted by molar-refractivity contribution is 7.89. The average molecular weight is 408 g/mol. The third kappa shape index (κ3) is 4.10. The SMILES string of the molecule is CCC(C)n1nccc1NC(=O)C1CCN(S(=O)(=O)c2ccccc2F)CC1. The smallest absolute Gasteiger partial charge is 0.245 e. The molecule has 0 aliphatic carbocycles. The molecule has 0 radical (unpaired) electrons. The predicted octanol–water partition coefficient (Wildman–Crippen LogP) is 3.03. The Kier molecular flexibility index (Phi) is 6.14. The van der Waals surface area contributed by atoms with E-state index in [2.05, 4.69) is 10.4 Å². The second-order valence-corrected chi connectivity index (χ2v) is 8.92. The lowest BCUT2D eigenvalue weighted by atomic mass is 9.97. The van der Waals surface area contributed by atoms with Crippen molar-refractivity contribution >= 4 is 21.7 Å². The molecule has 1 N–H and O–H groups in total. The van der Waals surface area contributed by atoms with E-state index in [1.807, 2.05) is 13.8 Å². The molecule has 2 heterocycles. The first-order valence-corrected chi connectivity index (χ1v) is 10.9. The summed E-state index contributed by atoms with van der Waals surface area (Å²) in [6.45, 7) is 4.43. The number of nitrogens with zero attached hydrogens (tertiary/aromatic N) is 3. The monoisotopic (exact) mass is 408 g/mol. The predicted molar refractivity (Wildman–Crippen MR) is 104 cm³/mol. The first-order valence-electron chi connectivity index (χ1n) is 9.43. The molecule has 152 valence electrons. The Morgan fingerprint density at radius 2 is 1.96 bits per heavy atom. The maximum Gasteiger partial charge on any atom is 0.245 e. The van der Waals surface area contributed by atoms with Gasteiger partial charge in [-0.25, -0.2) is 17.5 Å². The van der Waals surface area contributed by atoms with Crippen LogP contribution in [-0.2, 0) is 14.8 Å². The van der Waals surface area contributed by atoms with E-state index >= 15 is 0 Å². The highest BCUT2D eigenvalue weighted by Gasteiger charge is 2.33. The van der Waals surface area contributed by atoms with Crippen LogP contribution in [0, 0.1) is 11.7 Å². The number of hydrogen-bond donors (Lipinski definition) is 1. The maximum atomic E-state index is 13.9. The van der Waals surface area contributed by atoms with Gasteiger partial charge in [-0.15, -0.1) is 0 Å². The van der Waals surface area contributed by atoms with Crippen molar-refractivity contribution in [1.29, 1.82) is 0 Å². The van der Waals surface area contributed by atoms with Gasteiger partial charge >= 0.3 is 0 Å². The van der Waals surface area contributed by atoms with Crippen LogP contribution in [0.25, 0.3) is 0 Å². The Labute approximate surface area is 164 Å². The molecule has 1 saturated heterocycles. The van der Waals surface area contributed by atoms with Crippen molar-refractivity contribution in [3.05, 3.63) is 42.3 Å². The van der Waals surface area contributed by atoms with Gasteiger partial charge in [-0.1, -0.05) is 19.1 Å². The molecular weight excluding hydrogens is 383 g/mol. The van der Waals surface area contributed by atoms with Gasteiger partial charge < -0.3 is 5.32 Å². The van der Waals surface area contributed by atoms with Crippen LogP contribution in [0.5, 0.6) is 0 Å². The van der Waals surface area contributed by atoms with Gasteiger partial charge in [0.1, 0.15) is 16.5 Å². The summed E-state index contributed by atoms with van der Waals surface area (Å²) in [7, 11) is -3.90. The third-order valence-corrected chi connectivity index (χ3v) is 7.14. The van der Waals surface area contributed by atoms with Crippen LogP contribution < -0.4 is 5.32 Å². The number of rotatable bonds is 6. The molecule has 0 bridgehead atoms. The van der Waals surface area contributed by atoms with Crippen LogP contribution in [0.15, 0.2) is 41.4 Å². The molecule has 1 aromatic heterocycles. The number of benzene rings is 1. The number of anilines is 1. The second-order valence-electron chi connectivity index (χ2n) is 7.02. The number of carbonyl (C=O) groups is 1. The van der Waals surface area contributed by atoms with Gasteiger partial charge in [0.25, 0.3) is 0 Å². The minimum Gasteiger partial charge on any atom is -0.311 e. The highest BCUT2D eigenvalue weighted by Crippen LogP contribution is 2.26. The van der Waals surface area contributed by atoms with Gasteiger partial charge in [0, 0.05) is 25.1 Å². The summed E-state index contributed by atoms with van der Waals surface area (Å²) >= 11 is 0. The van der Waals surface area contributed by atoms with E-state index in [1.165, 1.54) is 22.5 Å². The lowest BCUT2D eigenvalue weighted by molar-refractivity contribution is -0.121. The van der Waals surface area contributed by atoms with Crippen molar-refractivity contribution in [1.82, 2.24) is 14.1 Å². The molecule has 3 rings (SSSR count). The minimum atomic E-state index is -3.90. The second kappa shape index (κ2) is 8.40. The largest absolute Gasteiger partial charge is 0.311 e. The molecule has 1 fully saturated rings. The van der Waals surface area contributed by atoms with E-state index in [0.29, 0.717) is 18.7 Å². The summed E-state index contributed by atoms with van der Waals surface area (Å²) < 4.78 is 42.3. The summed E-state index contributed by atoms with van der Waals surface area (Å²) in [5, 5.41) is 7.15. The van der Waals surface area contributed by atoms with Gasteiger partial charge in [-0.05, 0) is 38.3 Å². The van der Waals surface area contributed by atoms with Gasteiger partial charge in [0.2, 0.25) is 15.9 Å². The number of aromatic nitrogens is 2. The number of hydrogen-bond acceptors (Lipinski definition) is 4. The topological polar surface area (TPSA) is 84.3 Å². The van der Waals surface area contributed by atoms with Gasteiger partial charge in [-0.2, -0.15) is 9.40 Å². The van der Waals surface area contributed by atoms with Gasteiger partial charge in [0.15, 0.2) is 0 Å². The number of halogens is 1. The zero-order chi connectivity index (χ0) is 20.3. The lowest BCUT2D eigenvalue weighted by Crippen LogP contribution is -2.41. The van der Waals surface area contributed by atoms with E-state index in [0.717, 1.165) is 12.5 Å². The van der Waals surface area contributed by atoms with E-state index in [1.54, 1.807) is 16.9 Å². The lowest BCUT2D eigenvalue weighted by Gasteiger charge is -2.30. The van der Waals surface area contributed by atoms with E-state index in [4.69, 9.17) is 0 Å². The molecule has 28 heavy (non-hydrogen) atoms. The van der Waals surface area contributed by atoms with Crippen LogP contribution >= 0.6 is 0 Å². The summed E-state index contributed by atoms with van der Waals surface area (Å²) in [5.41, 5.74) is 0. The number of nitrogens with one attached hydrogen (secondary N) is 1. The van der Waals surface area contributed by atoms with Crippen molar-refractivity contribution in [2.45, 2.75) is 44.0 Å². The number of amides is 1. The van der Waals surface area contributed by atoms with Crippen molar-refractivity contribution in [3.8, 4) is 0 Å². The fourth-order valence-electron chi connectivity index (χ4n) is 3.32. The molecule has 1 aliphatic rings. The molecule has 7 nitrogen and oxygen atoms in total. The number of sulfonamides is 1. The van der Waals surface area contributed by atoms with Crippen LogP contribution in [0.2, 0.25) is 0 Å². The Morgan fingerprint density at radius 3 is 2.61 bits per heavy atom. The fourth-order valence-corrected chi connectivity index (χ4v) is 4.85. The molecule has 0 spiro atoms. The Balaban J connectivity index is 1.63. The molecule has 9 heteroatoms. The van der Waals surface area contributed by atoms with Crippen LogP contribution in [-0.4, -0.2) is 41.5 Å². The first-order chi connectivity index (χ1) is 13.3. The van der Waals surface area contributed by atoms with E-state index in [9.17, 15) is 17.6 Å². The fraction of sp³-hybridized carbons (Fsp3) is 0.474. The summed E-state index contributed by atoms with van der Waals surface area (Å²) in [6, 6.07) is 7.26. The molecule has 1 unspecified atom stereocenters. The average Bonchev–Trinajstić information content (AvgIpc) is 3.15. The minimum absolute atomic E-state index is 0.145. The zero-order valence-electron chi connectivity index (χ0n) is 16.0. The van der Waals surface area contributed by atoms with Crippen molar-refractivity contribution in [2.75, 3.05) is 18.4 Å². The zero-order valence-corrected chi connectivity index (χ0v) is 16.8. The molecular formula is C19H25FN4O3S. The molecule has 1 amide bonds. The van der Waals surface area contributed by atoms with Gasteiger partial charge in [-0.3, -0.25) is 4.79 Å². The van der Waals surface area contributed by atoms with E-state index in [-0.39, 0.29) is 35.9 Å². The van der Waals surface area contributed by atoms with Crippen molar-refractivity contribution in [3.63, 3.8) is 0 Å². The Morgan fingerprint density at radius 1 is 1.29 bits per heavy atom. The standard InChI is InChI=1S/C19H25FN4O3S/c1-3-14(2)24-18(8-11-21-24)22-19(25)15-9-12-23(13-10-15)28(26,27)17-7-5-4-6-16(17)20/h4-8,11,14-15H,3,9-10,12-13H2,1-2H3,(H,22,25). The van der Waals surface area contributed by atoms with E-state index < -0.39 is 15.8 Å². The maximum absolute atomic E-state index is 13.9. The quantitative estimate of drug-likeness (QED) is 0.796. The number of piperidine rings is 1. The van der Waals surface area contributed by atoms with Crippen molar-refractivity contribution < 1.29 is 17.6 Å². The summed E-state index contributed by atoms with van der Waals surface area (Å²) in [5.74, 6) is -0.568. The molecule has 1 atom stereocenters. The first kappa shape index (κ1) is 20.5. The summed E-state index contributed by atoms with van der Waals surface area (Å²) in [4.78, 5) is 12.3. The van der Waals surface area contributed by atoms with Crippen molar-refractivity contribution in [2.24, 2.45) is 5.92 Å². The van der Waals surface area contributed by atoms with Crippen LogP contribution in [0.4, 0.5) is 10.2 Å². The molecule has 1 aromatic carbocycles. The molecule has 1 aliphatic heterocycles. The molecule has 2 aromatic rings.